The smallest absolute Gasteiger partial charge is 0.418 e. The van der Waals surface area contributed by atoms with E-state index in [1.165, 1.54) is 39.5 Å². The zero-order valence-corrected chi connectivity index (χ0v) is 18.7. The topological polar surface area (TPSA) is 82.6 Å². The summed E-state index contributed by atoms with van der Waals surface area (Å²) in [4.78, 5) is 12.2. The van der Waals surface area contributed by atoms with Crippen LogP contribution in [0.2, 0.25) is 0 Å². The van der Waals surface area contributed by atoms with E-state index in [0.717, 1.165) is 17.8 Å². The Bertz CT molecular complexity index is 1100. The number of benzene rings is 2. The molecule has 1 amide bonds. The van der Waals surface area contributed by atoms with Crippen LogP contribution in [0.15, 0.2) is 53.6 Å². The Kier molecular flexibility index (Phi) is 7.64. The third kappa shape index (κ3) is 5.86. The van der Waals surface area contributed by atoms with E-state index in [0.29, 0.717) is 33.5 Å². The second-order valence-electron chi connectivity index (χ2n) is 6.55. The van der Waals surface area contributed by atoms with Crippen LogP contribution >= 0.6 is 11.8 Å². The average Bonchev–Trinajstić information content (AvgIpc) is 2.81. The van der Waals surface area contributed by atoms with E-state index in [9.17, 15) is 18.0 Å². The number of halogens is 3. The van der Waals surface area contributed by atoms with Crippen LogP contribution in [0.25, 0.3) is 11.3 Å². The van der Waals surface area contributed by atoms with Crippen LogP contribution in [0.1, 0.15) is 5.56 Å². The van der Waals surface area contributed by atoms with E-state index in [2.05, 4.69) is 15.5 Å². The summed E-state index contributed by atoms with van der Waals surface area (Å²) < 4.78 is 55.2. The number of amides is 1. The van der Waals surface area contributed by atoms with Crippen LogP contribution in [0.5, 0.6) is 17.2 Å². The molecule has 1 heterocycles. The van der Waals surface area contributed by atoms with Gasteiger partial charge in [0, 0.05) is 5.56 Å². The van der Waals surface area contributed by atoms with Gasteiger partial charge in [0.25, 0.3) is 0 Å². The maximum absolute atomic E-state index is 13.1. The van der Waals surface area contributed by atoms with Gasteiger partial charge in [0.1, 0.15) is 5.03 Å². The number of nitrogens with zero attached hydrogens (tertiary/aromatic N) is 2. The number of carbonyl (C=O) groups is 1. The first-order valence-corrected chi connectivity index (χ1v) is 10.5. The second-order valence-corrected chi connectivity index (χ2v) is 7.55. The maximum atomic E-state index is 13.1. The van der Waals surface area contributed by atoms with Gasteiger partial charge in [-0.05, 0) is 36.4 Å². The minimum absolute atomic E-state index is 0.135. The molecule has 0 saturated carbocycles. The number of anilines is 1. The molecule has 11 heteroatoms. The highest BCUT2D eigenvalue weighted by atomic mass is 32.2. The molecule has 1 aromatic heterocycles. The molecule has 0 bridgehead atoms. The Morgan fingerprint density at radius 2 is 1.64 bits per heavy atom. The van der Waals surface area contributed by atoms with E-state index in [1.807, 2.05) is 0 Å². The number of hydrogen-bond donors (Lipinski definition) is 1. The molecule has 2 aromatic carbocycles. The second kappa shape index (κ2) is 10.4. The molecule has 0 aliphatic rings. The van der Waals surface area contributed by atoms with Crippen LogP contribution in [-0.2, 0) is 11.0 Å². The first kappa shape index (κ1) is 24.2. The monoisotopic (exact) mass is 479 g/mol. The molecule has 0 atom stereocenters. The third-order valence-corrected chi connectivity index (χ3v) is 5.38. The van der Waals surface area contributed by atoms with Crippen molar-refractivity contribution in [1.29, 1.82) is 0 Å². The van der Waals surface area contributed by atoms with E-state index in [-0.39, 0.29) is 11.4 Å². The summed E-state index contributed by atoms with van der Waals surface area (Å²) >= 11 is 1.05. The van der Waals surface area contributed by atoms with Crippen molar-refractivity contribution < 1.29 is 32.2 Å². The lowest BCUT2D eigenvalue weighted by atomic mass is 10.1. The van der Waals surface area contributed by atoms with Crippen LogP contribution < -0.4 is 19.5 Å². The molecular weight excluding hydrogens is 459 g/mol. The molecule has 0 unspecified atom stereocenters. The number of thioether (sulfide) groups is 1. The zero-order valence-electron chi connectivity index (χ0n) is 17.9. The maximum Gasteiger partial charge on any atom is 0.418 e. The van der Waals surface area contributed by atoms with Gasteiger partial charge in [0.15, 0.2) is 11.5 Å². The number of alkyl halides is 3. The highest BCUT2D eigenvalue weighted by Crippen LogP contribution is 2.41. The summed E-state index contributed by atoms with van der Waals surface area (Å²) in [6, 6.07) is 11.6. The van der Waals surface area contributed by atoms with Gasteiger partial charge in [0.2, 0.25) is 11.7 Å². The zero-order chi connectivity index (χ0) is 24.0. The predicted molar refractivity (Wildman–Crippen MR) is 118 cm³/mol. The first-order chi connectivity index (χ1) is 15.8. The van der Waals surface area contributed by atoms with Gasteiger partial charge in [-0.3, -0.25) is 4.79 Å². The number of hydrogen-bond acceptors (Lipinski definition) is 7. The quantitative estimate of drug-likeness (QED) is 0.459. The summed E-state index contributed by atoms with van der Waals surface area (Å²) in [5.74, 6) is 0.643. The van der Waals surface area contributed by atoms with E-state index in [1.54, 1.807) is 24.3 Å². The Balaban J connectivity index is 1.68. The highest BCUT2D eigenvalue weighted by molar-refractivity contribution is 7.99. The molecule has 0 radical (unpaired) electrons. The summed E-state index contributed by atoms with van der Waals surface area (Å²) in [6.45, 7) is 0. The van der Waals surface area contributed by atoms with Crippen molar-refractivity contribution in [2.75, 3.05) is 32.4 Å². The molecule has 3 rings (SSSR count). The number of aromatic nitrogens is 2. The molecule has 0 fully saturated rings. The standard InChI is InChI=1S/C22H20F3N3O4S/c1-30-17-10-13(11-18(31-2)21(17)32-3)15-8-9-20(28-27-15)33-12-19(29)26-16-7-5-4-6-14(16)22(23,24)25/h4-11H,12H2,1-3H3,(H,26,29). The molecular formula is C22H20F3N3O4S. The summed E-state index contributed by atoms with van der Waals surface area (Å²) in [6.07, 6.45) is -4.56. The minimum Gasteiger partial charge on any atom is -0.493 e. The molecule has 0 aliphatic heterocycles. The Labute approximate surface area is 192 Å². The molecule has 3 aromatic rings. The Morgan fingerprint density at radius 1 is 0.970 bits per heavy atom. The van der Waals surface area contributed by atoms with Gasteiger partial charge in [-0.25, -0.2) is 0 Å². The Morgan fingerprint density at radius 3 is 2.18 bits per heavy atom. The highest BCUT2D eigenvalue weighted by Gasteiger charge is 2.33. The van der Waals surface area contributed by atoms with Crippen LogP contribution in [0.4, 0.5) is 18.9 Å². The number of para-hydroxylation sites is 1. The lowest BCUT2D eigenvalue weighted by Crippen LogP contribution is -2.18. The van der Waals surface area contributed by atoms with Crippen LogP contribution in [-0.4, -0.2) is 43.2 Å². The molecule has 0 aliphatic carbocycles. The van der Waals surface area contributed by atoms with Gasteiger partial charge in [-0.15, -0.1) is 10.2 Å². The van der Waals surface area contributed by atoms with E-state index in [4.69, 9.17) is 14.2 Å². The number of ether oxygens (including phenoxy) is 3. The van der Waals surface area contributed by atoms with Crippen molar-refractivity contribution in [2.45, 2.75) is 11.2 Å². The summed E-state index contributed by atoms with van der Waals surface area (Å²) in [5, 5.41) is 11.0. The number of carbonyl (C=O) groups excluding carboxylic acids is 1. The first-order valence-electron chi connectivity index (χ1n) is 9.49. The molecule has 1 N–H and O–H groups in total. The lowest BCUT2D eigenvalue weighted by Gasteiger charge is -2.14. The third-order valence-electron chi connectivity index (χ3n) is 4.46. The summed E-state index contributed by atoms with van der Waals surface area (Å²) in [5.41, 5.74) is 0.00878. The normalized spacial score (nSPS) is 11.1. The Hall–Kier alpha value is -3.47. The van der Waals surface area contributed by atoms with Gasteiger partial charge in [-0.2, -0.15) is 13.2 Å². The predicted octanol–water partition coefficient (Wildman–Crippen LogP) is 4.92. The van der Waals surface area contributed by atoms with Crippen molar-refractivity contribution >= 4 is 23.4 Å². The van der Waals surface area contributed by atoms with Crippen LogP contribution in [0, 0.1) is 0 Å². The fourth-order valence-electron chi connectivity index (χ4n) is 2.95. The molecule has 7 nitrogen and oxygen atoms in total. The SMILES string of the molecule is COc1cc(-c2ccc(SCC(=O)Nc3ccccc3C(F)(F)F)nn2)cc(OC)c1OC. The molecule has 33 heavy (non-hydrogen) atoms. The van der Waals surface area contributed by atoms with E-state index >= 15 is 0 Å². The fraction of sp³-hybridized carbons (Fsp3) is 0.227. The van der Waals surface area contributed by atoms with Crippen molar-refractivity contribution in [1.82, 2.24) is 10.2 Å². The average molecular weight is 479 g/mol. The van der Waals surface area contributed by atoms with Gasteiger partial charge < -0.3 is 19.5 Å². The fourth-order valence-corrected chi connectivity index (χ4v) is 3.56. The van der Waals surface area contributed by atoms with Crippen LogP contribution in [0.3, 0.4) is 0 Å². The van der Waals surface area contributed by atoms with Gasteiger partial charge >= 0.3 is 6.18 Å². The number of nitrogens with one attached hydrogen (secondary N) is 1. The lowest BCUT2D eigenvalue weighted by molar-refractivity contribution is -0.137. The molecule has 174 valence electrons. The number of rotatable bonds is 8. The van der Waals surface area contributed by atoms with Crippen molar-refractivity contribution in [3.8, 4) is 28.5 Å². The van der Waals surface area contributed by atoms with Gasteiger partial charge in [0.05, 0.1) is 44.0 Å². The molecule has 0 spiro atoms. The van der Waals surface area contributed by atoms with Gasteiger partial charge in [-0.1, -0.05) is 23.9 Å². The molecule has 0 saturated heterocycles. The van der Waals surface area contributed by atoms with E-state index < -0.39 is 17.6 Å². The van der Waals surface area contributed by atoms with Crippen molar-refractivity contribution in [2.24, 2.45) is 0 Å². The van der Waals surface area contributed by atoms with Crippen molar-refractivity contribution in [3.63, 3.8) is 0 Å². The van der Waals surface area contributed by atoms with Crippen molar-refractivity contribution in [3.05, 3.63) is 54.1 Å². The largest absolute Gasteiger partial charge is 0.493 e. The summed E-state index contributed by atoms with van der Waals surface area (Å²) in [7, 11) is 4.51. The number of methoxy groups -OCH3 is 3. The minimum atomic E-state index is -4.56.